The van der Waals surface area contributed by atoms with Crippen LogP contribution in [0.5, 0.6) is 0 Å². The van der Waals surface area contributed by atoms with Gasteiger partial charge in [-0.25, -0.2) is 0 Å². The minimum atomic E-state index is -0.219. The lowest BCUT2D eigenvalue weighted by atomic mass is 10.1. The molecule has 1 saturated heterocycles. The fraction of sp³-hybridized carbons (Fsp3) is 0.217. The first-order valence-electron chi connectivity index (χ1n) is 9.65. The third-order valence-corrected chi connectivity index (χ3v) is 5.01. The number of nitrogens with zero attached hydrogens (tertiary/aromatic N) is 2. The van der Waals surface area contributed by atoms with E-state index in [4.69, 9.17) is 4.74 Å². The Kier molecular flexibility index (Phi) is 5.44. The van der Waals surface area contributed by atoms with Crippen molar-refractivity contribution in [1.82, 2.24) is 9.47 Å². The van der Waals surface area contributed by atoms with Crippen molar-refractivity contribution < 1.29 is 14.3 Å². The van der Waals surface area contributed by atoms with Crippen LogP contribution in [0.2, 0.25) is 0 Å². The smallest absolute Gasteiger partial charge is 0.255 e. The van der Waals surface area contributed by atoms with E-state index in [1.807, 2.05) is 59.1 Å². The maximum absolute atomic E-state index is 12.8. The first kappa shape index (κ1) is 19.0. The number of carbonyl (C=O) groups is 2. The molecule has 4 rings (SSSR count). The van der Waals surface area contributed by atoms with E-state index < -0.39 is 0 Å². The Bertz CT molecular complexity index is 1010. The Balaban J connectivity index is 1.50. The maximum atomic E-state index is 12.8. The van der Waals surface area contributed by atoms with Crippen molar-refractivity contribution in [3.63, 3.8) is 0 Å². The van der Waals surface area contributed by atoms with E-state index in [0.717, 1.165) is 5.69 Å². The Morgan fingerprint density at radius 2 is 1.76 bits per heavy atom. The number of benzene rings is 2. The number of ether oxygens (including phenoxy) is 1. The van der Waals surface area contributed by atoms with E-state index in [2.05, 4.69) is 5.32 Å². The van der Waals surface area contributed by atoms with Crippen LogP contribution in [0.25, 0.3) is 5.69 Å². The first-order valence-corrected chi connectivity index (χ1v) is 9.65. The average molecular weight is 389 g/mol. The summed E-state index contributed by atoms with van der Waals surface area (Å²) in [6, 6.07) is 18.4. The van der Waals surface area contributed by atoms with Crippen molar-refractivity contribution in [1.29, 1.82) is 0 Å². The molecule has 1 fully saturated rings. The van der Waals surface area contributed by atoms with E-state index in [1.54, 1.807) is 30.3 Å². The van der Waals surface area contributed by atoms with Crippen molar-refractivity contribution in [2.75, 3.05) is 25.1 Å². The van der Waals surface area contributed by atoms with Crippen molar-refractivity contribution >= 4 is 17.5 Å². The third-order valence-electron chi connectivity index (χ3n) is 5.01. The molecule has 29 heavy (non-hydrogen) atoms. The van der Waals surface area contributed by atoms with Gasteiger partial charge in [-0.05, 0) is 55.5 Å². The molecule has 0 spiro atoms. The van der Waals surface area contributed by atoms with Gasteiger partial charge in [0.2, 0.25) is 0 Å². The largest absolute Gasteiger partial charge is 0.377 e. The van der Waals surface area contributed by atoms with Gasteiger partial charge in [-0.15, -0.1) is 0 Å². The monoisotopic (exact) mass is 389 g/mol. The zero-order valence-corrected chi connectivity index (χ0v) is 16.2. The molecule has 1 aliphatic rings. The number of nitrogens with one attached hydrogen (secondary N) is 1. The van der Waals surface area contributed by atoms with Gasteiger partial charge in [0.15, 0.2) is 0 Å². The number of carbonyl (C=O) groups excluding carboxylic acids is 2. The average Bonchev–Trinajstić information content (AvgIpc) is 3.29. The van der Waals surface area contributed by atoms with Crippen LogP contribution in [-0.4, -0.2) is 47.1 Å². The number of amides is 2. The summed E-state index contributed by atoms with van der Waals surface area (Å²) in [7, 11) is 0. The fourth-order valence-electron chi connectivity index (χ4n) is 3.44. The predicted octanol–water partition coefficient (Wildman–Crippen LogP) is 3.59. The summed E-state index contributed by atoms with van der Waals surface area (Å²) in [5.41, 5.74) is 2.60. The quantitative estimate of drug-likeness (QED) is 0.742. The van der Waals surface area contributed by atoms with Gasteiger partial charge in [0, 0.05) is 41.4 Å². The molecule has 1 aliphatic heterocycles. The topological polar surface area (TPSA) is 63.6 Å². The highest BCUT2D eigenvalue weighted by Crippen LogP contribution is 2.18. The van der Waals surface area contributed by atoms with Crippen molar-refractivity contribution in [3.05, 3.63) is 84.2 Å². The summed E-state index contributed by atoms with van der Waals surface area (Å²) in [4.78, 5) is 27.4. The summed E-state index contributed by atoms with van der Waals surface area (Å²) in [6.45, 7) is 3.63. The van der Waals surface area contributed by atoms with E-state index in [0.29, 0.717) is 36.6 Å². The van der Waals surface area contributed by atoms with Crippen molar-refractivity contribution in [3.8, 4) is 5.69 Å². The Morgan fingerprint density at radius 1 is 1.00 bits per heavy atom. The molecule has 6 nitrogen and oxygen atoms in total. The van der Waals surface area contributed by atoms with Gasteiger partial charge in [0.1, 0.15) is 0 Å². The van der Waals surface area contributed by atoms with Gasteiger partial charge in [-0.2, -0.15) is 0 Å². The summed E-state index contributed by atoms with van der Waals surface area (Å²) in [5.74, 6) is -0.269. The third kappa shape index (κ3) is 4.22. The molecule has 0 aliphatic carbocycles. The molecule has 2 aromatic carbocycles. The number of hydrogen-bond acceptors (Lipinski definition) is 3. The highest BCUT2D eigenvalue weighted by Gasteiger charge is 2.24. The fourth-order valence-corrected chi connectivity index (χ4v) is 3.44. The molecule has 1 unspecified atom stereocenters. The molecule has 2 amide bonds. The van der Waals surface area contributed by atoms with E-state index >= 15 is 0 Å². The van der Waals surface area contributed by atoms with Crippen molar-refractivity contribution in [2.24, 2.45) is 0 Å². The highest BCUT2D eigenvalue weighted by atomic mass is 16.5. The van der Waals surface area contributed by atoms with Crippen molar-refractivity contribution in [2.45, 2.75) is 13.0 Å². The second kappa shape index (κ2) is 8.32. The first-order chi connectivity index (χ1) is 14.1. The number of anilines is 1. The van der Waals surface area contributed by atoms with Crippen LogP contribution in [0, 0.1) is 0 Å². The molecule has 6 heteroatoms. The molecule has 1 aromatic heterocycles. The van der Waals surface area contributed by atoms with Gasteiger partial charge >= 0.3 is 0 Å². The molecule has 0 saturated carbocycles. The Labute approximate surface area is 169 Å². The van der Waals surface area contributed by atoms with Crippen LogP contribution in [0.4, 0.5) is 5.69 Å². The number of rotatable bonds is 4. The van der Waals surface area contributed by atoms with E-state index in [9.17, 15) is 9.59 Å². The van der Waals surface area contributed by atoms with E-state index in [-0.39, 0.29) is 17.9 Å². The highest BCUT2D eigenvalue weighted by molar-refractivity contribution is 6.05. The standard InChI is InChI=1S/C23H23N3O3/c1-17-16-29-13-12-26(17)23(28)19-7-4-8-20(14-19)24-22(27)18-6-5-9-21(15-18)25-10-2-3-11-25/h2-11,14-15,17H,12-13,16H2,1H3,(H,24,27). The molecule has 2 heterocycles. The van der Waals surface area contributed by atoms with Crippen LogP contribution >= 0.6 is 0 Å². The molecule has 1 N–H and O–H groups in total. The van der Waals surface area contributed by atoms with Crippen LogP contribution in [0.1, 0.15) is 27.6 Å². The normalized spacial score (nSPS) is 16.4. The lowest BCUT2D eigenvalue weighted by molar-refractivity contribution is 0.00359. The molecule has 148 valence electrons. The predicted molar refractivity (Wildman–Crippen MR) is 111 cm³/mol. The van der Waals surface area contributed by atoms with Crippen LogP contribution in [0.15, 0.2) is 73.1 Å². The maximum Gasteiger partial charge on any atom is 0.255 e. The van der Waals surface area contributed by atoms with Crippen LogP contribution in [-0.2, 0) is 4.74 Å². The Morgan fingerprint density at radius 3 is 2.55 bits per heavy atom. The lowest BCUT2D eigenvalue weighted by Crippen LogP contribution is -2.47. The van der Waals surface area contributed by atoms with Gasteiger partial charge in [-0.1, -0.05) is 12.1 Å². The van der Waals surface area contributed by atoms with Crippen LogP contribution < -0.4 is 5.32 Å². The number of hydrogen-bond donors (Lipinski definition) is 1. The summed E-state index contributed by atoms with van der Waals surface area (Å²) >= 11 is 0. The second-order valence-electron chi connectivity index (χ2n) is 7.10. The van der Waals surface area contributed by atoms with Gasteiger partial charge in [0.05, 0.1) is 19.3 Å². The van der Waals surface area contributed by atoms with Gasteiger partial charge < -0.3 is 19.5 Å². The zero-order valence-electron chi connectivity index (χ0n) is 16.2. The molecule has 1 atom stereocenters. The van der Waals surface area contributed by atoms with Gasteiger partial charge in [0.25, 0.3) is 11.8 Å². The molecular formula is C23H23N3O3. The second-order valence-corrected chi connectivity index (χ2v) is 7.10. The minimum Gasteiger partial charge on any atom is -0.377 e. The molecule has 0 radical (unpaired) electrons. The summed E-state index contributed by atoms with van der Waals surface area (Å²) < 4.78 is 7.35. The Hall–Kier alpha value is -3.38. The lowest BCUT2D eigenvalue weighted by Gasteiger charge is -2.33. The van der Waals surface area contributed by atoms with Gasteiger partial charge in [-0.3, -0.25) is 9.59 Å². The van der Waals surface area contributed by atoms with Crippen LogP contribution in [0.3, 0.4) is 0 Å². The molecule has 0 bridgehead atoms. The SMILES string of the molecule is CC1COCCN1C(=O)c1cccc(NC(=O)c2cccc(-n3cccc3)c2)c1. The zero-order chi connectivity index (χ0) is 20.2. The summed E-state index contributed by atoms with van der Waals surface area (Å²) in [5, 5.41) is 2.90. The molecular weight excluding hydrogens is 366 g/mol. The minimum absolute atomic E-state index is 0.0333. The molecule has 3 aromatic rings. The van der Waals surface area contributed by atoms with E-state index in [1.165, 1.54) is 0 Å². The number of aromatic nitrogens is 1. The number of morpholine rings is 1. The summed E-state index contributed by atoms with van der Waals surface area (Å²) in [6.07, 6.45) is 3.86.